The molecule has 0 aromatic carbocycles. The zero-order valence-electron chi connectivity index (χ0n) is 10.6. The van der Waals surface area contributed by atoms with Gasteiger partial charge in [-0.15, -0.1) is 0 Å². The molecule has 0 aliphatic heterocycles. The second-order valence-corrected chi connectivity index (χ2v) is 3.98. The second kappa shape index (κ2) is 7.71. The fraction of sp³-hybridized carbons (Fsp3) is 0.500. The molecule has 0 aliphatic rings. The van der Waals surface area contributed by atoms with Crippen LogP contribution in [0.15, 0.2) is 6.33 Å². The van der Waals surface area contributed by atoms with E-state index in [1.807, 2.05) is 0 Å². The predicted molar refractivity (Wildman–Crippen MR) is 66.5 cm³/mol. The van der Waals surface area contributed by atoms with Crippen LogP contribution in [0.5, 0.6) is 0 Å². The van der Waals surface area contributed by atoms with Crippen LogP contribution in [0.4, 0.5) is 4.79 Å². The molecule has 1 atom stereocenters. The van der Waals surface area contributed by atoms with Gasteiger partial charge in [0.25, 0.3) is 0 Å². The summed E-state index contributed by atoms with van der Waals surface area (Å²) in [6.45, 7) is 0.267. The van der Waals surface area contributed by atoms with Crippen molar-refractivity contribution in [2.24, 2.45) is 5.73 Å². The van der Waals surface area contributed by atoms with E-state index >= 15 is 0 Å². The highest BCUT2D eigenvalue weighted by Crippen LogP contribution is 1.97. The number of nitrogens with one attached hydrogen (secondary N) is 3. The van der Waals surface area contributed by atoms with E-state index in [0.29, 0.717) is 12.2 Å². The Balaban J connectivity index is 2.30. The van der Waals surface area contributed by atoms with Gasteiger partial charge in [-0.3, -0.25) is 9.89 Å². The summed E-state index contributed by atoms with van der Waals surface area (Å²) >= 11 is 0. The first-order valence-electron chi connectivity index (χ1n) is 5.88. The van der Waals surface area contributed by atoms with Crippen molar-refractivity contribution >= 4 is 17.9 Å². The van der Waals surface area contributed by atoms with Crippen LogP contribution in [-0.4, -0.2) is 50.8 Å². The Bertz CT molecular complexity index is 460. The summed E-state index contributed by atoms with van der Waals surface area (Å²) in [5, 5.41) is 19.9. The Morgan fingerprint density at radius 3 is 2.75 bits per heavy atom. The van der Waals surface area contributed by atoms with Crippen molar-refractivity contribution in [1.29, 1.82) is 0 Å². The normalized spacial score (nSPS) is 11.6. The Kier molecular flexibility index (Phi) is 5.94. The van der Waals surface area contributed by atoms with Gasteiger partial charge >= 0.3 is 12.0 Å². The highest BCUT2D eigenvalue weighted by Gasteiger charge is 2.20. The monoisotopic (exact) mass is 284 g/mol. The van der Waals surface area contributed by atoms with Crippen molar-refractivity contribution in [3.8, 4) is 0 Å². The molecule has 1 heterocycles. The standard InChI is InChI=1S/C10H16N6O4/c11-7(17)2-1-6(9(18)19)15-10(20)12-4-3-8-13-5-14-16-8/h5-6H,1-4H2,(H2,11,17)(H,18,19)(H2,12,15,20)(H,13,14,16)/t6-/m1/s1. The van der Waals surface area contributed by atoms with Crippen LogP contribution in [-0.2, 0) is 16.0 Å². The molecular formula is C10H16N6O4. The summed E-state index contributed by atoms with van der Waals surface area (Å²) in [5.41, 5.74) is 4.93. The third-order valence-corrected chi connectivity index (χ3v) is 2.40. The number of nitrogens with two attached hydrogens (primary N) is 1. The van der Waals surface area contributed by atoms with Crippen LogP contribution >= 0.6 is 0 Å². The van der Waals surface area contributed by atoms with Gasteiger partial charge in [0.05, 0.1) is 0 Å². The van der Waals surface area contributed by atoms with E-state index in [-0.39, 0.29) is 19.4 Å². The molecule has 0 radical (unpaired) electrons. The van der Waals surface area contributed by atoms with E-state index in [1.165, 1.54) is 6.33 Å². The van der Waals surface area contributed by atoms with Crippen LogP contribution in [0.25, 0.3) is 0 Å². The van der Waals surface area contributed by atoms with Gasteiger partial charge in [0.15, 0.2) is 0 Å². The molecule has 1 rings (SSSR count). The third kappa shape index (κ3) is 5.80. The maximum atomic E-state index is 11.5. The minimum atomic E-state index is -1.23. The van der Waals surface area contributed by atoms with Gasteiger partial charge in [0.1, 0.15) is 18.2 Å². The average Bonchev–Trinajstić information content (AvgIpc) is 2.87. The molecule has 1 aromatic heterocycles. The maximum absolute atomic E-state index is 11.5. The molecule has 6 N–H and O–H groups in total. The number of amides is 3. The molecule has 0 saturated heterocycles. The summed E-state index contributed by atoms with van der Waals surface area (Å²) in [5.74, 6) is -1.24. The molecule has 0 unspecified atom stereocenters. The summed E-state index contributed by atoms with van der Waals surface area (Å²) in [7, 11) is 0. The Morgan fingerprint density at radius 1 is 1.45 bits per heavy atom. The van der Waals surface area contributed by atoms with E-state index in [2.05, 4.69) is 25.8 Å². The lowest BCUT2D eigenvalue weighted by molar-refractivity contribution is -0.139. The lowest BCUT2D eigenvalue weighted by atomic mass is 10.1. The first kappa shape index (κ1) is 15.4. The Labute approximate surface area is 114 Å². The van der Waals surface area contributed by atoms with E-state index in [9.17, 15) is 14.4 Å². The number of carboxylic acid groups (broad SMARTS) is 1. The lowest BCUT2D eigenvalue weighted by Crippen LogP contribution is -2.46. The van der Waals surface area contributed by atoms with Crippen LogP contribution in [0.3, 0.4) is 0 Å². The zero-order valence-corrected chi connectivity index (χ0v) is 10.6. The summed E-state index contributed by atoms with van der Waals surface area (Å²) < 4.78 is 0. The fourth-order valence-corrected chi connectivity index (χ4v) is 1.40. The number of primary amides is 1. The van der Waals surface area contributed by atoms with Gasteiger partial charge in [-0.25, -0.2) is 14.6 Å². The molecule has 0 aliphatic carbocycles. The van der Waals surface area contributed by atoms with Gasteiger partial charge in [-0.05, 0) is 6.42 Å². The first-order chi connectivity index (χ1) is 9.49. The molecule has 10 nitrogen and oxygen atoms in total. The summed E-state index contributed by atoms with van der Waals surface area (Å²) in [6, 6.07) is -1.80. The molecule has 1 aromatic rings. The Hall–Kier alpha value is -2.65. The van der Waals surface area contributed by atoms with Crippen molar-refractivity contribution in [3.63, 3.8) is 0 Å². The molecular weight excluding hydrogens is 268 g/mol. The van der Waals surface area contributed by atoms with Crippen LogP contribution in [0.2, 0.25) is 0 Å². The average molecular weight is 284 g/mol. The Morgan fingerprint density at radius 2 is 2.20 bits per heavy atom. The zero-order chi connectivity index (χ0) is 15.0. The number of aromatic nitrogens is 3. The van der Waals surface area contributed by atoms with Gasteiger partial charge in [-0.2, -0.15) is 5.10 Å². The molecule has 10 heteroatoms. The number of carboxylic acids is 1. The van der Waals surface area contributed by atoms with Gasteiger partial charge in [0, 0.05) is 19.4 Å². The molecule has 3 amide bonds. The number of carbonyl (C=O) groups excluding carboxylic acids is 2. The van der Waals surface area contributed by atoms with E-state index in [0.717, 1.165) is 0 Å². The molecule has 0 saturated carbocycles. The first-order valence-corrected chi connectivity index (χ1v) is 5.88. The van der Waals surface area contributed by atoms with E-state index in [4.69, 9.17) is 10.8 Å². The number of hydrogen-bond acceptors (Lipinski definition) is 5. The maximum Gasteiger partial charge on any atom is 0.326 e. The minimum absolute atomic E-state index is 0.0554. The van der Waals surface area contributed by atoms with Crippen molar-refractivity contribution in [2.75, 3.05) is 6.54 Å². The second-order valence-electron chi connectivity index (χ2n) is 3.98. The number of nitrogens with zero attached hydrogens (tertiary/aromatic N) is 2. The van der Waals surface area contributed by atoms with Crippen molar-refractivity contribution in [3.05, 3.63) is 12.2 Å². The SMILES string of the molecule is NC(=O)CC[C@@H](NC(=O)NCCc1ncn[nH]1)C(=O)O. The number of rotatable bonds is 8. The largest absolute Gasteiger partial charge is 0.480 e. The van der Waals surface area contributed by atoms with Gasteiger partial charge < -0.3 is 21.5 Å². The molecule has 110 valence electrons. The summed E-state index contributed by atoms with van der Waals surface area (Å²) in [4.78, 5) is 36.8. The number of carbonyl (C=O) groups is 3. The number of H-pyrrole nitrogens is 1. The van der Waals surface area contributed by atoms with Crippen LogP contribution < -0.4 is 16.4 Å². The van der Waals surface area contributed by atoms with Crippen LogP contribution in [0, 0.1) is 0 Å². The highest BCUT2D eigenvalue weighted by molar-refractivity contribution is 5.83. The molecule has 0 bridgehead atoms. The van der Waals surface area contributed by atoms with E-state index in [1.54, 1.807) is 0 Å². The smallest absolute Gasteiger partial charge is 0.326 e. The molecule has 0 fully saturated rings. The van der Waals surface area contributed by atoms with Crippen LogP contribution in [0.1, 0.15) is 18.7 Å². The third-order valence-electron chi connectivity index (χ3n) is 2.40. The van der Waals surface area contributed by atoms with Crippen molar-refractivity contribution in [2.45, 2.75) is 25.3 Å². The van der Waals surface area contributed by atoms with E-state index < -0.39 is 23.9 Å². The molecule has 0 spiro atoms. The van der Waals surface area contributed by atoms with Crippen molar-refractivity contribution < 1.29 is 19.5 Å². The number of aliphatic carboxylic acids is 1. The number of urea groups is 1. The number of aromatic amines is 1. The minimum Gasteiger partial charge on any atom is -0.480 e. The predicted octanol–water partition coefficient (Wildman–Crippen LogP) is -1.63. The lowest BCUT2D eigenvalue weighted by Gasteiger charge is -2.14. The highest BCUT2D eigenvalue weighted by atomic mass is 16.4. The quantitative estimate of drug-likeness (QED) is 0.384. The van der Waals surface area contributed by atoms with Gasteiger partial charge in [-0.1, -0.05) is 0 Å². The molecule has 20 heavy (non-hydrogen) atoms. The van der Waals surface area contributed by atoms with Gasteiger partial charge in [0.2, 0.25) is 5.91 Å². The topological polar surface area (TPSA) is 163 Å². The summed E-state index contributed by atoms with van der Waals surface area (Å²) in [6.07, 6.45) is 1.61. The fourth-order valence-electron chi connectivity index (χ4n) is 1.40. The number of hydrogen-bond donors (Lipinski definition) is 5. The van der Waals surface area contributed by atoms with Crippen molar-refractivity contribution in [1.82, 2.24) is 25.8 Å².